The molecule has 4 heteroatoms. The lowest BCUT2D eigenvalue weighted by Crippen LogP contribution is -2.50. The van der Waals surface area contributed by atoms with Gasteiger partial charge >= 0.3 is 0 Å². The number of nitrogens with zero attached hydrogens (tertiary/aromatic N) is 2. The molecule has 132 valence electrons. The lowest BCUT2D eigenvalue weighted by Gasteiger charge is -2.36. The Morgan fingerprint density at radius 1 is 0.808 bits per heavy atom. The van der Waals surface area contributed by atoms with Gasteiger partial charge in [0, 0.05) is 42.8 Å². The van der Waals surface area contributed by atoms with Crippen molar-refractivity contribution in [3.05, 3.63) is 78.4 Å². The molecule has 1 heterocycles. The molecular weight excluding hydrogens is 322 g/mol. The molecule has 1 N–H and O–H groups in total. The van der Waals surface area contributed by atoms with E-state index in [-0.39, 0.29) is 5.91 Å². The minimum absolute atomic E-state index is 0.0120. The van der Waals surface area contributed by atoms with Crippen LogP contribution in [0.15, 0.2) is 72.8 Å². The van der Waals surface area contributed by atoms with E-state index in [2.05, 4.69) is 57.6 Å². The zero-order valence-electron chi connectivity index (χ0n) is 14.8. The Balaban J connectivity index is 1.35. The fourth-order valence-electron chi connectivity index (χ4n) is 3.51. The molecule has 0 radical (unpaired) electrons. The van der Waals surface area contributed by atoms with Crippen LogP contribution in [0.5, 0.6) is 0 Å². The smallest absolute Gasteiger partial charge is 0.252 e. The average Bonchev–Trinajstić information content (AvgIpc) is 2.72. The molecule has 26 heavy (non-hydrogen) atoms. The van der Waals surface area contributed by atoms with Gasteiger partial charge in [0.15, 0.2) is 0 Å². The fourth-order valence-corrected chi connectivity index (χ4v) is 3.51. The molecule has 1 aliphatic rings. The van der Waals surface area contributed by atoms with Gasteiger partial charge in [-0.1, -0.05) is 54.6 Å². The Hall–Kier alpha value is -2.85. The summed E-state index contributed by atoms with van der Waals surface area (Å²) in [6, 6.07) is 24.4. The molecule has 4 nitrogen and oxygen atoms in total. The summed E-state index contributed by atoms with van der Waals surface area (Å²) in [5.41, 5.74) is 2.01. The Kier molecular flexibility index (Phi) is 4.84. The van der Waals surface area contributed by atoms with E-state index in [0.717, 1.165) is 26.2 Å². The van der Waals surface area contributed by atoms with E-state index in [0.29, 0.717) is 12.2 Å². The summed E-state index contributed by atoms with van der Waals surface area (Å²) >= 11 is 0. The molecule has 0 aliphatic carbocycles. The van der Waals surface area contributed by atoms with E-state index in [1.54, 1.807) is 0 Å². The average molecular weight is 345 g/mol. The van der Waals surface area contributed by atoms with Gasteiger partial charge in [-0.3, -0.25) is 9.69 Å². The molecule has 0 saturated carbocycles. The standard InChI is InChI=1S/C22H23N3O/c26-22(19-8-2-1-3-9-19)23-17-24-13-15-25(16-14-24)21-12-6-10-18-7-4-5-11-20(18)21/h1-12H,13-17H2,(H,23,26). The lowest BCUT2D eigenvalue weighted by molar-refractivity contribution is 0.0920. The summed E-state index contributed by atoms with van der Waals surface area (Å²) in [5.74, 6) is -0.0120. The van der Waals surface area contributed by atoms with E-state index in [9.17, 15) is 4.79 Å². The second kappa shape index (κ2) is 7.58. The SMILES string of the molecule is O=C(NCN1CCN(c2cccc3ccccc23)CC1)c1ccccc1. The van der Waals surface area contributed by atoms with Gasteiger partial charge in [0.25, 0.3) is 5.91 Å². The highest BCUT2D eigenvalue weighted by Crippen LogP contribution is 2.27. The highest BCUT2D eigenvalue weighted by molar-refractivity contribution is 5.94. The van der Waals surface area contributed by atoms with Crippen molar-refractivity contribution in [1.82, 2.24) is 10.2 Å². The van der Waals surface area contributed by atoms with Crippen LogP contribution in [-0.2, 0) is 0 Å². The van der Waals surface area contributed by atoms with Gasteiger partial charge in [-0.15, -0.1) is 0 Å². The number of fused-ring (bicyclic) bond motifs is 1. The van der Waals surface area contributed by atoms with Crippen LogP contribution in [0.25, 0.3) is 10.8 Å². The minimum atomic E-state index is -0.0120. The molecular formula is C22H23N3O. The largest absolute Gasteiger partial charge is 0.368 e. The zero-order chi connectivity index (χ0) is 17.8. The number of hydrogen-bond donors (Lipinski definition) is 1. The van der Waals surface area contributed by atoms with E-state index in [4.69, 9.17) is 0 Å². The highest BCUT2D eigenvalue weighted by Gasteiger charge is 2.19. The lowest BCUT2D eigenvalue weighted by atomic mass is 10.1. The Labute approximate surface area is 154 Å². The summed E-state index contributed by atoms with van der Waals surface area (Å²) < 4.78 is 0. The Bertz CT molecular complexity index is 881. The van der Waals surface area contributed by atoms with Gasteiger partial charge in [0.2, 0.25) is 0 Å². The van der Waals surface area contributed by atoms with Crippen LogP contribution in [0, 0.1) is 0 Å². The van der Waals surface area contributed by atoms with Crippen molar-refractivity contribution in [2.75, 3.05) is 37.7 Å². The van der Waals surface area contributed by atoms with E-state index in [1.165, 1.54) is 16.5 Å². The third-order valence-electron chi connectivity index (χ3n) is 4.98. The molecule has 1 fully saturated rings. The maximum atomic E-state index is 12.2. The van der Waals surface area contributed by atoms with Crippen molar-refractivity contribution in [3.8, 4) is 0 Å². The number of nitrogens with one attached hydrogen (secondary N) is 1. The number of benzene rings is 3. The summed E-state index contributed by atoms with van der Waals surface area (Å²) in [6.45, 7) is 4.41. The van der Waals surface area contributed by atoms with Gasteiger partial charge in [0.05, 0.1) is 6.67 Å². The third-order valence-corrected chi connectivity index (χ3v) is 4.98. The predicted molar refractivity (Wildman–Crippen MR) is 107 cm³/mol. The molecule has 0 unspecified atom stereocenters. The van der Waals surface area contributed by atoms with Crippen LogP contribution >= 0.6 is 0 Å². The van der Waals surface area contributed by atoms with Crippen LogP contribution in [0.3, 0.4) is 0 Å². The van der Waals surface area contributed by atoms with Crippen LogP contribution in [-0.4, -0.2) is 43.7 Å². The normalized spacial score (nSPS) is 15.2. The first kappa shape index (κ1) is 16.6. The van der Waals surface area contributed by atoms with Crippen molar-refractivity contribution in [2.45, 2.75) is 0 Å². The molecule has 4 rings (SSSR count). The summed E-state index contributed by atoms with van der Waals surface area (Å²) in [7, 11) is 0. The van der Waals surface area contributed by atoms with Gasteiger partial charge in [0.1, 0.15) is 0 Å². The molecule has 0 bridgehead atoms. The number of rotatable bonds is 4. The van der Waals surface area contributed by atoms with Crippen LogP contribution in [0.4, 0.5) is 5.69 Å². The van der Waals surface area contributed by atoms with Gasteiger partial charge in [-0.25, -0.2) is 0 Å². The van der Waals surface area contributed by atoms with Crippen molar-refractivity contribution >= 4 is 22.4 Å². The topological polar surface area (TPSA) is 35.6 Å². The van der Waals surface area contributed by atoms with Crippen molar-refractivity contribution in [3.63, 3.8) is 0 Å². The summed E-state index contributed by atoms with van der Waals surface area (Å²) in [5, 5.41) is 5.61. The monoisotopic (exact) mass is 345 g/mol. The number of anilines is 1. The number of amides is 1. The van der Waals surface area contributed by atoms with Gasteiger partial charge < -0.3 is 10.2 Å². The molecule has 1 aliphatic heterocycles. The Morgan fingerprint density at radius 3 is 2.31 bits per heavy atom. The number of hydrogen-bond acceptors (Lipinski definition) is 3. The highest BCUT2D eigenvalue weighted by atomic mass is 16.1. The molecule has 1 saturated heterocycles. The molecule has 0 spiro atoms. The van der Waals surface area contributed by atoms with Crippen molar-refractivity contribution in [2.24, 2.45) is 0 Å². The van der Waals surface area contributed by atoms with E-state index in [1.807, 2.05) is 30.3 Å². The first-order chi connectivity index (χ1) is 12.8. The fraction of sp³-hybridized carbons (Fsp3) is 0.227. The van der Waals surface area contributed by atoms with Gasteiger partial charge in [-0.05, 0) is 23.6 Å². The number of carbonyl (C=O) groups excluding carboxylic acids is 1. The third kappa shape index (κ3) is 3.55. The number of carbonyl (C=O) groups is 1. The van der Waals surface area contributed by atoms with Crippen LogP contribution in [0.2, 0.25) is 0 Å². The second-order valence-corrected chi connectivity index (χ2v) is 6.63. The first-order valence-corrected chi connectivity index (χ1v) is 9.09. The maximum absolute atomic E-state index is 12.2. The Morgan fingerprint density at radius 2 is 1.50 bits per heavy atom. The van der Waals surface area contributed by atoms with Crippen LogP contribution < -0.4 is 10.2 Å². The number of piperazine rings is 1. The molecule has 1 amide bonds. The molecule has 3 aromatic carbocycles. The van der Waals surface area contributed by atoms with Crippen LogP contribution in [0.1, 0.15) is 10.4 Å². The van der Waals surface area contributed by atoms with Gasteiger partial charge in [-0.2, -0.15) is 0 Å². The molecule has 3 aromatic rings. The second-order valence-electron chi connectivity index (χ2n) is 6.63. The first-order valence-electron chi connectivity index (χ1n) is 9.09. The predicted octanol–water partition coefficient (Wildman–Crippen LogP) is 3.35. The summed E-state index contributed by atoms with van der Waals surface area (Å²) in [6.07, 6.45) is 0. The quantitative estimate of drug-likeness (QED) is 0.788. The summed E-state index contributed by atoms with van der Waals surface area (Å²) in [4.78, 5) is 16.9. The molecule has 0 atom stereocenters. The molecule has 0 aromatic heterocycles. The minimum Gasteiger partial charge on any atom is -0.368 e. The van der Waals surface area contributed by atoms with Crippen molar-refractivity contribution < 1.29 is 4.79 Å². The van der Waals surface area contributed by atoms with E-state index < -0.39 is 0 Å². The van der Waals surface area contributed by atoms with Crippen molar-refractivity contribution in [1.29, 1.82) is 0 Å². The van der Waals surface area contributed by atoms with E-state index >= 15 is 0 Å². The zero-order valence-corrected chi connectivity index (χ0v) is 14.8. The maximum Gasteiger partial charge on any atom is 0.252 e.